The van der Waals surface area contributed by atoms with E-state index in [1.54, 1.807) is 24.3 Å². The number of nitrogens with zero attached hydrogens (tertiary/aromatic N) is 3. The average molecular weight is 374 g/mol. The van der Waals surface area contributed by atoms with Gasteiger partial charge in [0, 0.05) is 18.0 Å². The first-order valence-electron chi connectivity index (χ1n) is 8.18. The molecule has 27 heavy (non-hydrogen) atoms. The molecule has 2 heterocycles. The standard InChI is InChI=1S/C18H16F2N4O3/c19-18(20)6-12(7-21)24(10-18)16(26)8-23-17(27)13-3-4-22-15-2-1-11(9-25)5-14(13)15/h1-5,12,25H,6,8-10H2,(H,23,27). The van der Waals surface area contributed by atoms with Crippen LogP contribution >= 0.6 is 0 Å². The summed E-state index contributed by atoms with van der Waals surface area (Å²) in [6.07, 6.45) is 0.729. The summed E-state index contributed by atoms with van der Waals surface area (Å²) in [6, 6.07) is 6.89. The van der Waals surface area contributed by atoms with Crippen molar-refractivity contribution < 1.29 is 23.5 Å². The van der Waals surface area contributed by atoms with Crippen molar-refractivity contribution in [2.24, 2.45) is 0 Å². The Hall–Kier alpha value is -3.12. The molecule has 2 aromatic rings. The third kappa shape index (κ3) is 3.85. The van der Waals surface area contributed by atoms with E-state index in [9.17, 15) is 23.5 Å². The van der Waals surface area contributed by atoms with Gasteiger partial charge in [-0.25, -0.2) is 8.78 Å². The maximum Gasteiger partial charge on any atom is 0.268 e. The first-order chi connectivity index (χ1) is 12.8. The van der Waals surface area contributed by atoms with Crippen molar-refractivity contribution in [3.63, 3.8) is 0 Å². The second-order valence-corrected chi connectivity index (χ2v) is 6.28. The van der Waals surface area contributed by atoms with Gasteiger partial charge in [-0.15, -0.1) is 0 Å². The Morgan fingerprint density at radius 1 is 1.41 bits per heavy atom. The summed E-state index contributed by atoms with van der Waals surface area (Å²) in [4.78, 5) is 29.6. The van der Waals surface area contributed by atoms with Gasteiger partial charge in [-0.2, -0.15) is 5.26 Å². The van der Waals surface area contributed by atoms with E-state index in [0.717, 1.165) is 4.90 Å². The molecule has 1 aromatic carbocycles. The first kappa shape index (κ1) is 18.7. The van der Waals surface area contributed by atoms with Gasteiger partial charge in [-0.05, 0) is 23.8 Å². The number of hydrogen-bond donors (Lipinski definition) is 2. The Bertz CT molecular complexity index is 942. The molecule has 1 fully saturated rings. The van der Waals surface area contributed by atoms with Crippen LogP contribution in [0, 0.1) is 11.3 Å². The van der Waals surface area contributed by atoms with Crippen LogP contribution in [-0.2, 0) is 11.4 Å². The molecule has 2 amide bonds. The first-order valence-corrected chi connectivity index (χ1v) is 8.18. The van der Waals surface area contributed by atoms with Gasteiger partial charge in [-0.3, -0.25) is 14.6 Å². The number of aromatic nitrogens is 1. The molecule has 7 nitrogen and oxygen atoms in total. The van der Waals surface area contributed by atoms with Gasteiger partial charge >= 0.3 is 0 Å². The number of nitrogens with one attached hydrogen (secondary N) is 1. The van der Waals surface area contributed by atoms with E-state index in [0.29, 0.717) is 16.5 Å². The van der Waals surface area contributed by atoms with Crippen molar-refractivity contribution in [3.05, 3.63) is 41.6 Å². The Morgan fingerprint density at radius 3 is 2.89 bits per heavy atom. The molecule has 1 aliphatic heterocycles. The van der Waals surface area contributed by atoms with Gasteiger partial charge in [0.25, 0.3) is 11.8 Å². The number of benzene rings is 1. The molecular formula is C18H16F2N4O3. The molecule has 140 valence electrons. The molecule has 3 rings (SSSR count). The number of aliphatic hydroxyl groups excluding tert-OH is 1. The third-order valence-corrected chi connectivity index (χ3v) is 4.37. The van der Waals surface area contributed by atoms with Crippen molar-refractivity contribution in [2.75, 3.05) is 13.1 Å². The quantitative estimate of drug-likeness (QED) is 0.837. The molecule has 0 radical (unpaired) electrons. The summed E-state index contributed by atoms with van der Waals surface area (Å²) in [5.74, 6) is -4.44. The van der Waals surface area contributed by atoms with Crippen molar-refractivity contribution >= 4 is 22.7 Å². The minimum atomic E-state index is -3.11. The third-order valence-electron chi connectivity index (χ3n) is 4.37. The fourth-order valence-corrected chi connectivity index (χ4v) is 3.04. The zero-order chi connectivity index (χ0) is 19.6. The van der Waals surface area contributed by atoms with Crippen LogP contribution < -0.4 is 5.32 Å². The molecule has 1 aliphatic rings. The van der Waals surface area contributed by atoms with Crippen molar-refractivity contribution in [2.45, 2.75) is 25.0 Å². The van der Waals surface area contributed by atoms with Crippen LogP contribution in [0.25, 0.3) is 10.9 Å². The Labute approximate surface area is 153 Å². The lowest BCUT2D eigenvalue weighted by atomic mass is 10.1. The predicted octanol–water partition coefficient (Wildman–Crippen LogP) is 1.22. The summed E-state index contributed by atoms with van der Waals surface area (Å²) in [6.45, 7) is -1.54. The fraction of sp³-hybridized carbons (Fsp3) is 0.333. The van der Waals surface area contributed by atoms with Gasteiger partial charge in [0.1, 0.15) is 6.04 Å². The average Bonchev–Trinajstić information content (AvgIpc) is 2.99. The highest BCUT2D eigenvalue weighted by Crippen LogP contribution is 2.31. The maximum absolute atomic E-state index is 13.4. The minimum absolute atomic E-state index is 0.205. The Kier molecular flexibility index (Phi) is 5.01. The highest BCUT2D eigenvalue weighted by molar-refractivity contribution is 6.07. The number of rotatable bonds is 4. The second-order valence-electron chi connectivity index (χ2n) is 6.28. The normalized spacial score (nSPS) is 18.3. The van der Waals surface area contributed by atoms with Crippen molar-refractivity contribution in [1.82, 2.24) is 15.2 Å². The lowest BCUT2D eigenvalue weighted by molar-refractivity contribution is -0.131. The Morgan fingerprint density at radius 2 is 2.19 bits per heavy atom. The summed E-state index contributed by atoms with van der Waals surface area (Å²) < 4.78 is 26.9. The number of pyridine rings is 1. The highest BCUT2D eigenvalue weighted by Gasteiger charge is 2.47. The molecule has 0 spiro atoms. The van der Waals surface area contributed by atoms with E-state index in [2.05, 4.69) is 10.3 Å². The van der Waals surface area contributed by atoms with Gasteiger partial charge in [0.15, 0.2) is 0 Å². The molecule has 1 aromatic heterocycles. The van der Waals surface area contributed by atoms with E-state index in [4.69, 9.17) is 5.26 Å². The fourth-order valence-electron chi connectivity index (χ4n) is 3.04. The molecule has 1 atom stereocenters. The predicted molar refractivity (Wildman–Crippen MR) is 90.7 cm³/mol. The van der Waals surface area contributed by atoms with Crippen LogP contribution in [0.5, 0.6) is 0 Å². The number of nitriles is 1. The van der Waals surface area contributed by atoms with E-state index < -0.39 is 43.3 Å². The van der Waals surface area contributed by atoms with Crippen molar-refractivity contribution in [3.8, 4) is 6.07 Å². The number of halogens is 2. The minimum Gasteiger partial charge on any atom is -0.392 e. The Balaban J connectivity index is 1.74. The number of alkyl halides is 2. The number of aliphatic hydroxyl groups is 1. The van der Waals surface area contributed by atoms with Crippen LogP contribution in [0.1, 0.15) is 22.3 Å². The van der Waals surface area contributed by atoms with Gasteiger partial charge in [0.05, 0.1) is 36.8 Å². The van der Waals surface area contributed by atoms with E-state index >= 15 is 0 Å². The number of amides is 2. The molecule has 1 saturated heterocycles. The van der Waals surface area contributed by atoms with Crippen molar-refractivity contribution in [1.29, 1.82) is 5.26 Å². The lowest BCUT2D eigenvalue weighted by Crippen LogP contribution is -2.43. The van der Waals surface area contributed by atoms with Crippen LogP contribution in [0.15, 0.2) is 30.5 Å². The smallest absolute Gasteiger partial charge is 0.268 e. The van der Waals surface area contributed by atoms with Gasteiger partial charge in [-0.1, -0.05) is 6.07 Å². The number of likely N-dealkylation sites (tertiary alicyclic amines) is 1. The number of carbonyl (C=O) groups excluding carboxylic acids is 2. The topological polar surface area (TPSA) is 106 Å². The number of hydrogen-bond acceptors (Lipinski definition) is 5. The molecule has 1 unspecified atom stereocenters. The van der Waals surface area contributed by atoms with E-state index in [1.807, 2.05) is 0 Å². The summed E-state index contributed by atoms with van der Waals surface area (Å²) in [5, 5.41) is 21.1. The molecule has 0 bridgehead atoms. The molecule has 2 N–H and O–H groups in total. The van der Waals surface area contributed by atoms with Crippen LogP contribution in [0.4, 0.5) is 8.78 Å². The SMILES string of the molecule is N#CC1CC(F)(F)CN1C(=O)CNC(=O)c1ccnc2ccc(CO)cc12. The highest BCUT2D eigenvalue weighted by atomic mass is 19.3. The zero-order valence-electron chi connectivity index (χ0n) is 14.2. The van der Waals surface area contributed by atoms with Crippen LogP contribution in [-0.4, -0.2) is 51.9 Å². The summed E-state index contributed by atoms with van der Waals surface area (Å²) in [7, 11) is 0. The van der Waals surface area contributed by atoms with E-state index in [-0.39, 0.29) is 12.2 Å². The maximum atomic E-state index is 13.4. The molecule has 0 aliphatic carbocycles. The summed E-state index contributed by atoms with van der Waals surface area (Å²) >= 11 is 0. The van der Waals surface area contributed by atoms with Gasteiger partial charge < -0.3 is 15.3 Å². The second kappa shape index (κ2) is 7.25. The molecule has 9 heteroatoms. The van der Waals surface area contributed by atoms with E-state index in [1.165, 1.54) is 12.3 Å². The molecular weight excluding hydrogens is 358 g/mol. The van der Waals surface area contributed by atoms with Crippen LogP contribution in [0.2, 0.25) is 0 Å². The van der Waals surface area contributed by atoms with Gasteiger partial charge in [0.2, 0.25) is 5.91 Å². The molecule has 0 saturated carbocycles. The number of fused-ring (bicyclic) bond motifs is 1. The largest absolute Gasteiger partial charge is 0.392 e. The monoisotopic (exact) mass is 374 g/mol. The number of carbonyl (C=O) groups is 2. The summed E-state index contributed by atoms with van der Waals surface area (Å²) in [5.41, 5.74) is 1.37. The van der Waals surface area contributed by atoms with Crippen LogP contribution in [0.3, 0.4) is 0 Å². The zero-order valence-corrected chi connectivity index (χ0v) is 14.2. The lowest BCUT2D eigenvalue weighted by Gasteiger charge is -2.19.